The monoisotopic (exact) mass is 275 g/mol. The van der Waals surface area contributed by atoms with E-state index in [9.17, 15) is 4.79 Å². The quantitative estimate of drug-likeness (QED) is 0.869. The van der Waals surface area contributed by atoms with Crippen molar-refractivity contribution in [3.8, 4) is 5.75 Å². The highest BCUT2D eigenvalue weighted by Gasteiger charge is 2.11. The molecule has 0 aliphatic heterocycles. The number of nitrogens with two attached hydrogens (primary N) is 1. The number of benzene rings is 1. The van der Waals surface area contributed by atoms with Crippen LogP contribution in [0.4, 0.5) is 0 Å². The molecule has 5 heteroatoms. The summed E-state index contributed by atoms with van der Waals surface area (Å²) < 4.78 is 5.61. The van der Waals surface area contributed by atoms with Crippen LogP contribution in [-0.2, 0) is 11.2 Å². The van der Waals surface area contributed by atoms with Crippen LogP contribution in [0.5, 0.6) is 5.75 Å². The topological polar surface area (TPSA) is 71.4 Å². The van der Waals surface area contributed by atoms with Gasteiger partial charge in [-0.25, -0.2) is 0 Å². The molecular weight excluding hydrogens is 254 g/mol. The second-order valence-electron chi connectivity index (χ2n) is 5.25. The third kappa shape index (κ3) is 3.11. The average Bonchev–Trinajstić information content (AvgIpc) is 2.79. The second-order valence-corrected chi connectivity index (χ2v) is 5.25. The number of hydrogen-bond donors (Lipinski definition) is 2. The molecule has 3 N–H and O–H groups in total. The average molecular weight is 275 g/mol. The van der Waals surface area contributed by atoms with Gasteiger partial charge in [-0.1, -0.05) is 12.1 Å². The third-order valence-electron chi connectivity index (χ3n) is 3.15. The van der Waals surface area contributed by atoms with Gasteiger partial charge >= 0.3 is 0 Å². The Morgan fingerprint density at radius 1 is 1.45 bits per heavy atom. The number of hydrogen-bond acceptors (Lipinski definition) is 3. The molecule has 0 fully saturated rings. The number of carbonyl (C=O) groups excluding carboxylic acids is 1. The van der Waals surface area contributed by atoms with Gasteiger partial charge in [0.05, 0.1) is 5.52 Å². The normalized spacial score (nSPS) is 12.4. The van der Waals surface area contributed by atoms with Crippen LogP contribution in [0.2, 0.25) is 0 Å². The molecule has 20 heavy (non-hydrogen) atoms. The summed E-state index contributed by atoms with van der Waals surface area (Å²) in [5, 5.41) is 1.09. The number of aromatic nitrogens is 1. The summed E-state index contributed by atoms with van der Waals surface area (Å²) in [4.78, 5) is 16.3. The van der Waals surface area contributed by atoms with Gasteiger partial charge in [0, 0.05) is 31.7 Å². The molecule has 1 heterocycles. The molecule has 5 nitrogen and oxygen atoms in total. The second kappa shape index (κ2) is 5.96. The molecular formula is C15H21N3O2. The van der Waals surface area contributed by atoms with Gasteiger partial charge in [0.1, 0.15) is 5.75 Å². The number of rotatable bonds is 5. The van der Waals surface area contributed by atoms with E-state index in [1.165, 1.54) is 10.5 Å². The highest BCUT2D eigenvalue weighted by Crippen LogP contribution is 2.27. The lowest BCUT2D eigenvalue weighted by Crippen LogP contribution is -2.27. The Morgan fingerprint density at radius 3 is 2.85 bits per heavy atom. The van der Waals surface area contributed by atoms with E-state index in [4.69, 9.17) is 10.5 Å². The van der Waals surface area contributed by atoms with Crippen molar-refractivity contribution in [2.24, 2.45) is 5.73 Å². The fourth-order valence-corrected chi connectivity index (χ4v) is 2.09. The zero-order valence-electron chi connectivity index (χ0n) is 12.1. The first kappa shape index (κ1) is 14.4. The van der Waals surface area contributed by atoms with Gasteiger partial charge in [-0.15, -0.1) is 0 Å². The maximum atomic E-state index is 11.6. The number of fused-ring (bicyclic) bond motifs is 1. The Labute approximate surface area is 118 Å². The summed E-state index contributed by atoms with van der Waals surface area (Å²) >= 11 is 0. The first-order valence-electron chi connectivity index (χ1n) is 6.66. The minimum atomic E-state index is -0.0654. The maximum Gasteiger partial charge on any atom is 0.259 e. The molecule has 0 saturated heterocycles. The van der Waals surface area contributed by atoms with E-state index < -0.39 is 0 Å². The molecule has 0 spiro atoms. The summed E-state index contributed by atoms with van der Waals surface area (Å²) in [6.45, 7) is 2.02. The van der Waals surface area contributed by atoms with E-state index in [0.29, 0.717) is 5.75 Å². The number of H-pyrrole nitrogens is 1. The number of ether oxygens (including phenoxy) is 1. The molecule has 0 aliphatic carbocycles. The Morgan fingerprint density at radius 2 is 2.20 bits per heavy atom. The van der Waals surface area contributed by atoms with Crippen LogP contribution in [0.3, 0.4) is 0 Å². The van der Waals surface area contributed by atoms with Gasteiger partial charge in [0.25, 0.3) is 5.91 Å². The Bertz CT molecular complexity index is 602. The smallest absolute Gasteiger partial charge is 0.259 e. The molecule has 1 amide bonds. The van der Waals surface area contributed by atoms with Gasteiger partial charge < -0.3 is 20.4 Å². The molecule has 0 unspecified atom stereocenters. The van der Waals surface area contributed by atoms with Crippen molar-refractivity contribution in [2.45, 2.75) is 19.4 Å². The van der Waals surface area contributed by atoms with Gasteiger partial charge in [-0.2, -0.15) is 0 Å². The summed E-state index contributed by atoms with van der Waals surface area (Å²) in [6.07, 6.45) is 2.76. The summed E-state index contributed by atoms with van der Waals surface area (Å²) in [5.41, 5.74) is 7.93. The number of carbonyl (C=O) groups is 1. The fourth-order valence-electron chi connectivity index (χ4n) is 2.09. The van der Waals surface area contributed by atoms with Crippen LogP contribution >= 0.6 is 0 Å². The van der Waals surface area contributed by atoms with Crippen LogP contribution in [0.1, 0.15) is 12.5 Å². The predicted octanol–water partition coefficient (Wildman–Crippen LogP) is 1.52. The van der Waals surface area contributed by atoms with E-state index in [2.05, 4.69) is 4.98 Å². The number of para-hydroxylation sites is 1. The van der Waals surface area contributed by atoms with Gasteiger partial charge in [0.15, 0.2) is 6.61 Å². The summed E-state index contributed by atoms with van der Waals surface area (Å²) in [6, 6.07) is 5.92. The first-order chi connectivity index (χ1) is 9.49. The van der Waals surface area contributed by atoms with E-state index >= 15 is 0 Å². The molecule has 0 radical (unpaired) electrons. The molecule has 2 rings (SSSR count). The van der Waals surface area contributed by atoms with Crippen molar-refractivity contribution in [1.82, 2.24) is 9.88 Å². The molecule has 2 aromatic rings. The molecule has 0 bridgehead atoms. The third-order valence-corrected chi connectivity index (χ3v) is 3.15. The Balaban J connectivity index is 2.22. The zero-order valence-corrected chi connectivity index (χ0v) is 12.1. The molecule has 1 aromatic heterocycles. The number of likely N-dealkylation sites (N-methyl/N-ethyl adjacent to an activating group) is 1. The number of amides is 1. The molecule has 0 saturated carbocycles. The predicted molar refractivity (Wildman–Crippen MR) is 79.8 cm³/mol. The van der Waals surface area contributed by atoms with Crippen molar-refractivity contribution in [2.75, 3.05) is 20.7 Å². The van der Waals surface area contributed by atoms with Crippen molar-refractivity contribution in [3.63, 3.8) is 0 Å². The van der Waals surface area contributed by atoms with Gasteiger partial charge in [-0.05, 0) is 25.0 Å². The zero-order chi connectivity index (χ0) is 14.7. The van der Waals surface area contributed by atoms with E-state index in [1.54, 1.807) is 14.1 Å². The van der Waals surface area contributed by atoms with Gasteiger partial charge in [-0.3, -0.25) is 4.79 Å². The number of aromatic amines is 1. The first-order valence-corrected chi connectivity index (χ1v) is 6.66. The lowest BCUT2D eigenvalue weighted by molar-refractivity contribution is -0.130. The van der Waals surface area contributed by atoms with E-state index in [1.807, 2.05) is 31.3 Å². The van der Waals surface area contributed by atoms with Crippen molar-refractivity contribution < 1.29 is 9.53 Å². The minimum Gasteiger partial charge on any atom is -0.482 e. The van der Waals surface area contributed by atoms with Crippen LogP contribution in [0.25, 0.3) is 10.9 Å². The van der Waals surface area contributed by atoms with Crippen LogP contribution in [0.15, 0.2) is 24.4 Å². The number of nitrogens with one attached hydrogen (secondary N) is 1. The van der Waals surface area contributed by atoms with Gasteiger partial charge in [0.2, 0.25) is 0 Å². The van der Waals surface area contributed by atoms with Crippen molar-refractivity contribution in [1.29, 1.82) is 0 Å². The summed E-state index contributed by atoms with van der Waals surface area (Å²) in [7, 11) is 3.42. The molecule has 108 valence electrons. The van der Waals surface area contributed by atoms with E-state index in [0.717, 1.165) is 17.3 Å². The van der Waals surface area contributed by atoms with Crippen LogP contribution < -0.4 is 10.5 Å². The lowest BCUT2D eigenvalue weighted by atomic mass is 10.1. The lowest BCUT2D eigenvalue weighted by Gasteiger charge is -2.12. The highest BCUT2D eigenvalue weighted by atomic mass is 16.5. The van der Waals surface area contributed by atoms with Crippen LogP contribution in [0, 0.1) is 0 Å². The van der Waals surface area contributed by atoms with Crippen LogP contribution in [-0.4, -0.2) is 42.5 Å². The Hall–Kier alpha value is -2.01. The fraction of sp³-hybridized carbons (Fsp3) is 0.400. The van der Waals surface area contributed by atoms with E-state index in [-0.39, 0.29) is 18.6 Å². The van der Waals surface area contributed by atoms with Crippen molar-refractivity contribution in [3.05, 3.63) is 30.0 Å². The largest absolute Gasteiger partial charge is 0.482 e. The molecule has 1 atom stereocenters. The summed E-state index contributed by atoms with van der Waals surface area (Å²) in [5.74, 6) is 0.623. The SMILES string of the molecule is C[C@@H](N)Cc1c[nH]c2c(OCC(=O)N(C)C)cccc12. The molecule has 1 aromatic carbocycles. The molecule has 0 aliphatic rings. The minimum absolute atomic E-state index is 0.0355. The van der Waals surface area contributed by atoms with Crippen molar-refractivity contribution >= 4 is 16.8 Å². The standard InChI is InChI=1S/C15H21N3O2/c1-10(16)7-11-8-17-15-12(11)5-4-6-13(15)20-9-14(19)18(2)3/h4-6,8,10,17H,7,9,16H2,1-3H3/t10-/m1/s1. The number of nitrogens with zero attached hydrogens (tertiary/aromatic N) is 1. The maximum absolute atomic E-state index is 11.6. The Kier molecular flexibility index (Phi) is 4.29. The highest BCUT2D eigenvalue weighted by molar-refractivity contribution is 5.88.